The van der Waals surface area contributed by atoms with Crippen LogP contribution < -0.4 is 18.9 Å². The van der Waals surface area contributed by atoms with E-state index in [9.17, 15) is 0 Å². The second kappa shape index (κ2) is 4.17. The summed E-state index contributed by atoms with van der Waals surface area (Å²) in [7, 11) is 0. The van der Waals surface area contributed by atoms with Crippen LogP contribution in [0, 0.1) is 6.61 Å². The average Bonchev–Trinajstić information content (AvgIpc) is 3.00. The van der Waals surface area contributed by atoms with E-state index in [4.69, 9.17) is 9.47 Å². The molecule has 0 bridgehead atoms. The maximum absolute atomic E-state index is 5.64. The molecule has 84 valence electrons. The molecule has 0 amide bonds. The van der Waals surface area contributed by atoms with Crippen LogP contribution in [0.25, 0.3) is 0 Å². The molecular formula is C13H14LiNO2. The molecule has 0 radical (unpaired) electrons. The van der Waals surface area contributed by atoms with E-state index < -0.39 is 5.60 Å². The SMILES string of the molecule is CC1(C)COC(C2(c3ccccc3)[CH-]O2)=N1.[Li+]. The molecule has 0 saturated carbocycles. The number of epoxide rings is 1. The van der Waals surface area contributed by atoms with E-state index in [0.717, 1.165) is 5.56 Å². The van der Waals surface area contributed by atoms with Crippen molar-refractivity contribution in [3.8, 4) is 0 Å². The van der Waals surface area contributed by atoms with Gasteiger partial charge in [0.1, 0.15) is 6.61 Å². The van der Waals surface area contributed by atoms with Gasteiger partial charge in [-0.3, -0.25) is 0 Å². The number of rotatable bonds is 2. The predicted octanol–water partition coefficient (Wildman–Crippen LogP) is -0.715. The Morgan fingerprint density at radius 1 is 1.24 bits per heavy atom. The third-order valence-corrected chi connectivity index (χ3v) is 2.84. The molecule has 4 heteroatoms. The van der Waals surface area contributed by atoms with Gasteiger partial charge >= 0.3 is 18.9 Å². The van der Waals surface area contributed by atoms with Crippen LogP contribution in [0.2, 0.25) is 0 Å². The van der Waals surface area contributed by atoms with E-state index in [2.05, 4.69) is 18.8 Å². The molecule has 0 aromatic heterocycles. The first kappa shape index (κ1) is 12.7. The molecule has 1 fully saturated rings. The molecule has 2 aliphatic rings. The molecule has 3 rings (SSSR count). The van der Waals surface area contributed by atoms with Gasteiger partial charge in [0.05, 0.1) is 5.54 Å². The van der Waals surface area contributed by atoms with Crippen molar-refractivity contribution in [1.82, 2.24) is 0 Å². The first-order valence-corrected chi connectivity index (χ1v) is 5.43. The summed E-state index contributed by atoms with van der Waals surface area (Å²) in [4.78, 5) is 4.57. The van der Waals surface area contributed by atoms with E-state index in [1.54, 1.807) is 6.61 Å². The summed E-state index contributed by atoms with van der Waals surface area (Å²) in [5.74, 6) is 0.684. The van der Waals surface area contributed by atoms with Gasteiger partial charge in [-0.1, -0.05) is 30.3 Å². The summed E-state index contributed by atoms with van der Waals surface area (Å²) in [6.07, 6.45) is 0. The Labute approximate surface area is 113 Å². The monoisotopic (exact) mass is 223 g/mol. The molecule has 1 aromatic carbocycles. The van der Waals surface area contributed by atoms with Crippen LogP contribution in [-0.2, 0) is 15.1 Å². The number of hydrogen-bond donors (Lipinski definition) is 0. The van der Waals surface area contributed by atoms with Crippen molar-refractivity contribution in [2.45, 2.75) is 25.0 Å². The van der Waals surface area contributed by atoms with E-state index >= 15 is 0 Å². The number of aliphatic imine (C=N–C) groups is 1. The second-order valence-electron chi connectivity index (χ2n) is 4.86. The van der Waals surface area contributed by atoms with Crippen LogP contribution >= 0.6 is 0 Å². The molecule has 0 spiro atoms. The Hall–Kier alpha value is -0.753. The van der Waals surface area contributed by atoms with Crippen molar-refractivity contribution >= 4 is 5.90 Å². The van der Waals surface area contributed by atoms with Gasteiger partial charge in [-0.15, -0.1) is 0 Å². The summed E-state index contributed by atoms with van der Waals surface area (Å²) in [5.41, 5.74) is 0.415. The van der Waals surface area contributed by atoms with Crippen molar-refractivity contribution in [1.29, 1.82) is 0 Å². The van der Waals surface area contributed by atoms with Gasteiger partial charge in [0.15, 0.2) is 5.90 Å². The average molecular weight is 223 g/mol. The van der Waals surface area contributed by atoms with E-state index in [1.807, 2.05) is 30.3 Å². The van der Waals surface area contributed by atoms with Crippen LogP contribution in [0.5, 0.6) is 0 Å². The molecule has 3 nitrogen and oxygen atoms in total. The summed E-state index contributed by atoms with van der Waals surface area (Å²) >= 11 is 0. The Balaban J connectivity index is 0.00000108. The first-order chi connectivity index (χ1) is 7.62. The Bertz CT molecular complexity index is 438. The maximum atomic E-state index is 5.64. The minimum absolute atomic E-state index is 0. The van der Waals surface area contributed by atoms with Gasteiger partial charge in [-0.2, -0.15) is 6.61 Å². The van der Waals surface area contributed by atoms with Crippen LogP contribution in [-0.4, -0.2) is 18.0 Å². The zero-order valence-corrected chi connectivity index (χ0v) is 10.4. The number of nitrogens with zero attached hydrogens (tertiary/aromatic N) is 1. The minimum atomic E-state index is -0.519. The fourth-order valence-electron chi connectivity index (χ4n) is 1.88. The van der Waals surface area contributed by atoms with Crippen molar-refractivity contribution < 1.29 is 28.3 Å². The number of ether oxygens (including phenoxy) is 2. The molecule has 1 atom stereocenters. The summed E-state index contributed by atoms with van der Waals surface area (Å²) in [5, 5.41) is 0. The largest absolute Gasteiger partial charge is 1.00 e. The van der Waals surface area contributed by atoms with Gasteiger partial charge in [-0.25, -0.2) is 4.99 Å². The van der Waals surface area contributed by atoms with Gasteiger partial charge in [0, 0.05) is 5.60 Å². The minimum Gasteiger partial charge on any atom is -0.556 e. The Morgan fingerprint density at radius 2 is 1.88 bits per heavy atom. The topological polar surface area (TPSA) is 34.1 Å². The molecule has 1 saturated heterocycles. The van der Waals surface area contributed by atoms with Crippen LogP contribution in [0.3, 0.4) is 0 Å². The smallest absolute Gasteiger partial charge is 0.556 e. The third kappa shape index (κ3) is 2.15. The normalized spacial score (nSPS) is 28.9. The molecule has 2 aliphatic heterocycles. The third-order valence-electron chi connectivity index (χ3n) is 2.84. The van der Waals surface area contributed by atoms with Crippen LogP contribution in [0.15, 0.2) is 35.3 Å². The van der Waals surface area contributed by atoms with Gasteiger partial charge in [0.2, 0.25) is 0 Å². The second-order valence-corrected chi connectivity index (χ2v) is 4.86. The Morgan fingerprint density at radius 3 is 2.35 bits per heavy atom. The van der Waals surface area contributed by atoms with E-state index in [1.165, 1.54) is 0 Å². The fraction of sp³-hybridized carbons (Fsp3) is 0.385. The van der Waals surface area contributed by atoms with E-state index in [0.29, 0.717) is 12.5 Å². The molecule has 0 aliphatic carbocycles. The molecule has 1 aromatic rings. The number of hydrogen-bond acceptors (Lipinski definition) is 3. The molecule has 2 heterocycles. The van der Waals surface area contributed by atoms with Crippen molar-refractivity contribution in [2.75, 3.05) is 6.61 Å². The zero-order valence-electron chi connectivity index (χ0n) is 10.4. The first-order valence-electron chi connectivity index (χ1n) is 5.43. The molecule has 0 N–H and O–H groups in total. The summed E-state index contributed by atoms with van der Waals surface area (Å²) in [6, 6.07) is 10.0. The van der Waals surface area contributed by atoms with Crippen molar-refractivity contribution in [2.24, 2.45) is 4.99 Å². The van der Waals surface area contributed by atoms with Gasteiger partial charge in [0.25, 0.3) is 0 Å². The zero-order chi connectivity index (χ0) is 11.2. The van der Waals surface area contributed by atoms with Gasteiger partial charge in [-0.05, 0) is 19.4 Å². The van der Waals surface area contributed by atoms with Crippen molar-refractivity contribution in [3.63, 3.8) is 0 Å². The van der Waals surface area contributed by atoms with Crippen LogP contribution in [0.4, 0.5) is 0 Å². The molecule has 1 unspecified atom stereocenters. The standard InChI is InChI=1S/C13H14NO2.Li/c1-12(2)8-15-11(14-12)13(9-16-13)10-6-4-3-5-7-10;/h3-7,9H,8H2,1-2H3;/q-1;+1. The van der Waals surface area contributed by atoms with Crippen LogP contribution in [0.1, 0.15) is 19.4 Å². The summed E-state index contributed by atoms with van der Waals surface area (Å²) in [6.45, 7) is 6.51. The molecule has 17 heavy (non-hydrogen) atoms. The summed E-state index contributed by atoms with van der Waals surface area (Å²) < 4.78 is 11.1. The fourth-order valence-corrected chi connectivity index (χ4v) is 1.88. The predicted molar refractivity (Wildman–Crippen MR) is 61.0 cm³/mol. The quantitative estimate of drug-likeness (QED) is 0.377. The van der Waals surface area contributed by atoms with Gasteiger partial charge < -0.3 is 9.47 Å². The van der Waals surface area contributed by atoms with Crippen molar-refractivity contribution in [3.05, 3.63) is 42.5 Å². The molecular weight excluding hydrogens is 209 g/mol. The maximum Gasteiger partial charge on any atom is 1.00 e. The number of benzene rings is 1. The van der Waals surface area contributed by atoms with E-state index in [-0.39, 0.29) is 24.4 Å². The Kier molecular flexibility index (Phi) is 3.11.